The standard InChI is InChI=1S/C26H25FN2O4/c1-3-33-26(31)23-14-22(18-7-9-20(27)10-8-18)21-11-12-29(16-24(21)28-23)15-17-5-4-6-19(13-17)25(30)32-2/h4-10,13-14H,3,11-12,15-16H2,1-2H3. The van der Waals surface area contributed by atoms with Crippen LogP contribution in [0, 0.1) is 5.82 Å². The highest BCUT2D eigenvalue weighted by molar-refractivity contribution is 5.90. The van der Waals surface area contributed by atoms with Crippen LogP contribution < -0.4 is 0 Å². The number of fused-ring (bicyclic) bond motifs is 1. The van der Waals surface area contributed by atoms with E-state index in [0.29, 0.717) is 18.7 Å². The van der Waals surface area contributed by atoms with Crippen molar-refractivity contribution in [2.75, 3.05) is 20.3 Å². The highest BCUT2D eigenvalue weighted by Crippen LogP contribution is 2.31. The van der Waals surface area contributed by atoms with Crippen molar-refractivity contribution in [2.24, 2.45) is 0 Å². The Balaban J connectivity index is 1.65. The first-order valence-electron chi connectivity index (χ1n) is 10.8. The zero-order valence-electron chi connectivity index (χ0n) is 18.6. The van der Waals surface area contributed by atoms with Crippen molar-refractivity contribution < 1.29 is 23.5 Å². The average molecular weight is 448 g/mol. The number of hydrogen-bond donors (Lipinski definition) is 0. The van der Waals surface area contributed by atoms with Gasteiger partial charge in [0.15, 0.2) is 0 Å². The Labute approximate surface area is 192 Å². The van der Waals surface area contributed by atoms with Crippen LogP contribution in [-0.4, -0.2) is 42.1 Å². The lowest BCUT2D eigenvalue weighted by Gasteiger charge is -2.30. The summed E-state index contributed by atoms with van der Waals surface area (Å²) in [6.45, 7) is 3.96. The third-order valence-corrected chi connectivity index (χ3v) is 5.66. The van der Waals surface area contributed by atoms with E-state index in [1.807, 2.05) is 18.2 Å². The molecule has 0 unspecified atom stereocenters. The zero-order valence-corrected chi connectivity index (χ0v) is 18.6. The number of esters is 2. The Bertz CT molecular complexity index is 1180. The van der Waals surface area contributed by atoms with E-state index in [1.54, 1.807) is 31.2 Å². The first kappa shape index (κ1) is 22.6. The van der Waals surface area contributed by atoms with Gasteiger partial charge in [-0.15, -0.1) is 0 Å². The molecule has 4 rings (SSSR count). The van der Waals surface area contributed by atoms with Crippen molar-refractivity contribution in [1.29, 1.82) is 0 Å². The summed E-state index contributed by atoms with van der Waals surface area (Å²) in [5.41, 5.74) is 5.29. The van der Waals surface area contributed by atoms with E-state index in [2.05, 4.69) is 9.88 Å². The van der Waals surface area contributed by atoms with Gasteiger partial charge in [0.2, 0.25) is 0 Å². The minimum absolute atomic E-state index is 0.240. The summed E-state index contributed by atoms with van der Waals surface area (Å²) < 4.78 is 23.5. The summed E-state index contributed by atoms with van der Waals surface area (Å²) >= 11 is 0. The van der Waals surface area contributed by atoms with Crippen molar-refractivity contribution in [2.45, 2.75) is 26.4 Å². The van der Waals surface area contributed by atoms with E-state index in [9.17, 15) is 14.0 Å². The minimum atomic E-state index is -0.480. The fraction of sp³-hybridized carbons (Fsp3) is 0.269. The summed E-state index contributed by atoms with van der Waals surface area (Å²) in [5, 5.41) is 0. The molecule has 0 amide bonds. The Hall–Kier alpha value is -3.58. The SMILES string of the molecule is CCOC(=O)c1cc(-c2ccc(F)cc2)c2c(n1)CN(Cc1cccc(C(=O)OC)c1)CC2. The van der Waals surface area contributed by atoms with Gasteiger partial charge in [0.1, 0.15) is 11.5 Å². The summed E-state index contributed by atoms with van der Waals surface area (Å²) in [6, 6.07) is 15.3. The molecular formula is C26H25FN2O4. The minimum Gasteiger partial charge on any atom is -0.465 e. The molecular weight excluding hydrogens is 423 g/mol. The Morgan fingerprint density at radius 3 is 2.61 bits per heavy atom. The number of nitrogens with zero attached hydrogens (tertiary/aromatic N) is 2. The van der Waals surface area contributed by atoms with Crippen molar-refractivity contribution in [3.8, 4) is 11.1 Å². The lowest BCUT2D eigenvalue weighted by Crippen LogP contribution is -2.31. The van der Waals surface area contributed by atoms with Crippen LogP contribution in [0.1, 0.15) is 44.6 Å². The number of ether oxygens (including phenoxy) is 2. The molecule has 1 aliphatic heterocycles. The van der Waals surface area contributed by atoms with E-state index in [1.165, 1.54) is 19.2 Å². The second-order valence-electron chi connectivity index (χ2n) is 7.86. The molecule has 3 aromatic rings. The molecule has 33 heavy (non-hydrogen) atoms. The lowest BCUT2D eigenvalue weighted by molar-refractivity contribution is 0.0517. The van der Waals surface area contributed by atoms with Crippen LogP contribution in [0.5, 0.6) is 0 Å². The Morgan fingerprint density at radius 1 is 1.09 bits per heavy atom. The van der Waals surface area contributed by atoms with Crippen LogP contribution >= 0.6 is 0 Å². The molecule has 1 aromatic heterocycles. The van der Waals surface area contributed by atoms with Crippen molar-refractivity contribution in [3.05, 3.63) is 88.5 Å². The van der Waals surface area contributed by atoms with Crippen LogP contribution in [-0.2, 0) is 29.0 Å². The molecule has 0 radical (unpaired) electrons. The maximum atomic E-state index is 13.5. The number of carbonyl (C=O) groups is 2. The molecule has 0 spiro atoms. The van der Waals surface area contributed by atoms with Gasteiger partial charge in [0, 0.05) is 19.6 Å². The van der Waals surface area contributed by atoms with Crippen LogP contribution in [0.25, 0.3) is 11.1 Å². The molecule has 0 saturated heterocycles. The highest BCUT2D eigenvalue weighted by Gasteiger charge is 2.24. The monoisotopic (exact) mass is 448 g/mol. The van der Waals surface area contributed by atoms with Crippen LogP contribution in [0.3, 0.4) is 0 Å². The average Bonchev–Trinajstić information content (AvgIpc) is 2.83. The number of carbonyl (C=O) groups excluding carboxylic acids is 2. The smallest absolute Gasteiger partial charge is 0.356 e. The van der Waals surface area contributed by atoms with Gasteiger partial charge in [-0.1, -0.05) is 24.3 Å². The van der Waals surface area contributed by atoms with Crippen LogP contribution in [0.2, 0.25) is 0 Å². The quantitative estimate of drug-likeness (QED) is 0.521. The Kier molecular flexibility index (Phi) is 6.79. The van der Waals surface area contributed by atoms with Gasteiger partial charge in [-0.05, 0) is 65.9 Å². The number of hydrogen-bond acceptors (Lipinski definition) is 6. The fourth-order valence-electron chi connectivity index (χ4n) is 4.10. The normalized spacial score (nSPS) is 13.3. The summed E-state index contributed by atoms with van der Waals surface area (Å²) in [7, 11) is 1.36. The van der Waals surface area contributed by atoms with Crippen LogP contribution in [0.15, 0.2) is 54.6 Å². The largest absolute Gasteiger partial charge is 0.465 e. The predicted octanol–water partition coefficient (Wildman–Crippen LogP) is 4.41. The lowest BCUT2D eigenvalue weighted by atomic mass is 9.93. The maximum absolute atomic E-state index is 13.5. The van der Waals surface area contributed by atoms with Gasteiger partial charge in [0.05, 0.1) is 25.0 Å². The van der Waals surface area contributed by atoms with E-state index >= 15 is 0 Å². The second-order valence-corrected chi connectivity index (χ2v) is 7.86. The van der Waals surface area contributed by atoms with Gasteiger partial charge in [-0.25, -0.2) is 19.0 Å². The number of rotatable bonds is 6. The van der Waals surface area contributed by atoms with Gasteiger partial charge in [0.25, 0.3) is 0 Å². The fourth-order valence-corrected chi connectivity index (χ4v) is 4.10. The predicted molar refractivity (Wildman–Crippen MR) is 121 cm³/mol. The summed E-state index contributed by atoms with van der Waals surface area (Å²) in [5.74, 6) is -1.16. The van der Waals surface area contributed by atoms with Crippen LogP contribution in [0.4, 0.5) is 4.39 Å². The van der Waals surface area contributed by atoms with E-state index in [-0.39, 0.29) is 24.1 Å². The number of methoxy groups -OCH3 is 1. The van der Waals surface area contributed by atoms with Crippen molar-refractivity contribution in [1.82, 2.24) is 9.88 Å². The second kappa shape index (κ2) is 9.92. The molecule has 0 saturated carbocycles. The van der Waals surface area contributed by atoms with Gasteiger partial charge < -0.3 is 9.47 Å². The van der Waals surface area contributed by atoms with E-state index in [4.69, 9.17) is 9.47 Å². The Morgan fingerprint density at radius 2 is 1.88 bits per heavy atom. The van der Waals surface area contributed by atoms with Gasteiger partial charge in [-0.3, -0.25) is 4.90 Å². The first-order chi connectivity index (χ1) is 16.0. The number of pyridine rings is 1. The zero-order chi connectivity index (χ0) is 23.4. The molecule has 0 fully saturated rings. The molecule has 0 N–H and O–H groups in total. The molecule has 0 aliphatic carbocycles. The molecule has 0 bridgehead atoms. The third kappa shape index (κ3) is 5.09. The molecule has 0 atom stereocenters. The first-order valence-corrected chi connectivity index (χ1v) is 10.8. The van der Waals surface area contributed by atoms with Crippen molar-refractivity contribution >= 4 is 11.9 Å². The number of benzene rings is 2. The summed E-state index contributed by atoms with van der Waals surface area (Å²) in [4.78, 5) is 31.2. The molecule has 2 heterocycles. The molecule has 1 aliphatic rings. The third-order valence-electron chi connectivity index (χ3n) is 5.66. The van der Waals surface area contributed by atoms with Gasteiger partial charge >= 0.3 is 11.9 Å². The number of aromatic nitrogens is 1. The molecule has 2 aromatic carbocycles. The van der Waals surface area contributed by atoms with E-state index in [0.717, 1.165) is 40.9 Å². The maximum Gasteiger partial charge on any atom is 0.356 e. The van der Waals surface area contributed by atoms with E-state index < -0.39 is 5.97 Å². The number of halogens is 1. The molecule has 6 nitrogen and oxygen atoms in total. The van der Waals surface area contributed by atoms with Crippen molar-refractivity contribution in [3.63, 3.8) is 0 Å². The summed E-state index contributed by atoms with van der Waals surface area (Å²) in [6.07, 6.45) is 0.731. The molecule has 7 heteroatoms. The highest BCUT2D eigenvalue weighted by atomic mass is 19.1. The topological polar surface area (TPSA) is 68.7 Å². The molecule has 170 valence electrons. The van der Waals surface area contributed by atoms with Gasteiger partial charge in [-0.2, -0.15) is 0 Å².